The van der Waals surface area contributed by atoms with Gasteiger partial charge in [-0.15, -0.1) is 0 Å². The second-order valence-corrected chi connectivity index (χ2v) is 9.94. The smallest absolute Gasteiger partial charge is 0.545 e. The van der Waals surface area contributed by atoms with Gasteiger partial charge in [-0.25, -0.2) is 9.59 Å². The molecule has 0 bridgehead atoms. The topological polar surface area (TPSA) is 144 Å². The van der Waals surface area contributed by atoms with E-state index in [0.29, 0.717) is 29.5 Å². The predicted molar refractivity (Wildman–Crippen MR) is 150 cm³/mol. The number of rotatable bonds is 9. The minimum absolute atomic E-state index is 0. The number of hydrogen-bond donors (Lipinski definition) is 2. The Hall–Kier alpha value is -4.44. The molecule has 0 aromatic heterocycles. The molecule has 1 aliphatic carbocycles. The van der Waals surface area contributed by atoms with Crippen LogP contribution in [0.2, 0.25) is 0 Å². The second-order valence-electron chi connectivity index (χ2n) is 9.94. The number of ether oxygens (including phenoxy) is 1. The Kier molecular flexibility index (Phi) is 10.0. The number of hydrogen-bond acceptors (Lipinski definition) is 6. The van der Waals surface area contributed by atoms with Crippen LogP contribution in [-0.4, -0.2) is 38.9 Å². The number of nitrogens with zero attached hydrogens (tertiary/aromatic N) is 1. The van der Waals surface area contributed by atoms with Gasteiger partial charge >= 0.3 is 41.5 Å². The molecule has 5 rings (SSSR count). The van der Waals surface area contributed by atoms with Crippen LogP contribution >= 0.6 is 0 Å². The molecule has 4 aromatic carbocycles. The number of para-hydroxylation sites is 1. The van der Waals surface area contributed by atoms with Crippen molar-refractivity contribution in [1.82, 2.24) is 4.90 Å². The maximum absolute atomic E-state index is 14.3. The molecule has 0 fully saturated rings. The van der Waals surface area contributed by atoms with Gasteiger partial charge in [0, 0.05) is 17.7 Å². The molecule has 1 aliphatic rings. The fraction of sp³-hybridized carbons (Fsp3) is 0.152. The summed E-state index contributed by atoms with van der Waals surface area (Å²) in [5, 5.41) is 31.3. The van der Waals surface area contributed by atoms with Crippen LogP contribution in [0.15, 0.2) is 91.0 Å². The summed E-state index contributed by atoms with van der Waals surface area (Å²) in [7, 11) is 0. The summed E-state index contributed by atoms with van der Waals surface area (Å²) in [6.07, 6.45) is 2.17. The Bertz CT molecular complexity index is 1690. The van der Waals surface area contributed by atoms with Crippen molar-refractivity contribution in [1.29, 1.82) is 0 Å². The van der Waals surface area contributed by atoms with Crippen LogP contribution in [0.5, 0.6) is 11.5 Å². The van der Waals surface area contributed by atoms with E-state index in [-0.39, 0.29) is 36.1 Å². The normalized spacial score (nSPS) is 13.6. The molecule has 0 saturated heterocycles. The van der Waals surface area contributed by atoms with E-state index in [1.807, 2.05) is 60.7 Å². The first-order chi connectivity index (χ1) is 20.2. The number of carbonyl (C=O) groups excluding carboxylic acids is 2. The van der Waals surface area contributed by atoms with E-state index in [9.17, 15) is 34.5 Å². The van der Waals surface area contributed by atoms with Crippen LogP contribution in [0.25, 0.3) is 0 Å². The van der Waals surface area contributed by atoms with E-state index in [2.05, 4.69) is 0 Å². The summed E-state index contributed by atoms with van der Waals surface area (Å²) >= 11 is 0. The van der Waals surface area contributed by atoms with Crippen LogP contribution in [0.4, 0.5) is 0 Å². The predicted octanol–water partition coefficient (Wildman–Crippen LogP) is 1.96. The fourth-order valence-corrected chi connectivity index (χ4v) is 5.36. The molecule has 0 spiro atoms. The molecule has 9 nitrogen and oxygen atoms in total. The third-order valence-corrected chi connectivity index (χ3v) is 7.27. The minimum atomic E-state index is -1.79. The zero-order valence-corrected chi connectivity index (χ0v) is 25.4. The average Bonchev–Trinajstić information content (AvgIpc) is 2.99. The van der Waals surface area contributed by atoms with Gasteiger partial charge < -0.3 is 29.8 Å². The van der Waals surface area contributed by atoms with Gasteiger partial charge in [0.15, 0.2) is 0 Å². The zero-order valence-electron chi connectivity index (χ0n) is 23.4. The first kappa shape index (κ1) is 31.5. The summed E-state index contributed by atoms with van der Waals surface area (Å²) in [5.41, 5.74) is 0.0478. The zero-order chi connectivity index (χ0) is 29.8. The largest absolute Gasteiger partial charge is 1.00 e. The van der Waals surface area contributed by atoms with E-state index < -0.39 is 52.1 Å². The van der Waals surface area contributed by atoms with Crippen molar-refractivity contribution in [2.24, 2.45) is 0 Å². The van der Waals surface area contributed by atoms with E-state index in [1.165, 1.54) is 4.90 Å². The van der Waals surface area contributed by atoms with Crippen molar-refractivity contribution in [2.75, 3.05) is 0 Å². The van der Waals surface area contributed by atoms with Crippen molar-refractivity contribution in [3.8, 4) is 11.5 Å². The average molecular weight is 588 g/mol. The molecule has 10 heteroatoms. The van der Waals surface area contributed by atoms with E-state index >= 15 is 0 Å². The molecular weight excluding hydrogens is 561 g/mol. The number of carbonyl (C=O) groups is 4. The Morgan fingerprint density at radius 3 is 2.07 bits per heavy atom. The molecule has 1 atom stereocenters. The monoisotopic (exact) mass is 587 g/mol. The summed E-state index contributed by atoms with van der Waals surface area (Å²) in [6.45, 7) is 0.0411. The molecule has 212 valence electrons. The van der Waals surface area contributed by atoms with Crippen LogP contribution < -0.4 is 39.4 Å². The number of fused-ring (bicyclic) bond motifs is 1. The third-order valence-electron chi connectivity index (χ3n) is 7.27. The Morgan fingerprint density at radius 1 is 0.767 bits per heavy atom. The fourth-order valence-electron chi connectivity index (χ4n) is 5.36. The van der Waals surface area contributed by atoms with Gasteiger partial charge in [-0.05, 0) is 72.4 Å². The molecule has 43 heavy (non-hydrogen) atoms. The minimum Gasteiger partial charge on any atom is -0.545 e. The summed E-state index contributed by atoms with van der Waals surface area (Å²) in [6, 6.07) is 25.0. The molecule has 4 aromatic rings. The number of carboxylic acid groups (broad SMARTS) is 3. The maximum Gasteiger partial charge on any atom is 1.00 e. The Morgan fingerprint density at radius 2 is 1.40 bits per heavy atom. The number of carboxylic acids is 3. The van der Waals surface area contributed by atoms with Gasteiger partial charge in [0.05, 0.1) is 23.1 Å². The summed E-state index contributed by atoms with van der Waals surface area (Å²) < 4.78 is 5.97. The molecule has 0 saturated carbocycles. The molecule has 1 amide bonds. The van der Waals surface area contributed by atoms with Crippen molar-refractivity contribution in [3.63, 3.8) is 0 Å². The van der Waals surface area contributed by atoms with Gasteiger partial charge in [0.2, 0.25) is 0 Å². The molecule has 0 aliphatic heterocycles. The summed E-state index contributed by atoms with van der Waals surface area (Å²) in [4.78, 5) is 51.6. The van der Waals surface area contributed by atoms with E-state index in [4.69, 9.17) is 4.74 Å². The molecular formula is C33H26NNaO8. The number of aromatic carboxylic acids is 3. The Balaban J connectivity index is 0.00000423. The van der Waals surface area contributed by atoms with Crippen molar-refractivity contribution in [3.05, 3.63) is 130 Å². The van der Waals surface area contributed by atoms with Crippen molar-refractivity contribution < 1.29 is 68.8 Å². The standard InChI is InChI=1S/C33H27NO8.Na/c35-30(25-17-27(32(38)39)28(33(40)41)18-26(25)31(36)37)34(29-15-7-10-21-9-4-5-14-24(21)29)19-20-8-6-13-23(16-20)42-22-11-2-1-3-12-22;/h1-6,8-9,11-14,16-18,29H,7,10,15,19H2,(H,36,37)(H,38,39)(H,40,41);/q;+1/p-1. The van der Waals surface area contributed by atoms with Gasteiger partial charge in [0.25, 0.3) is 5.91 Å². The maximum atomic E-state index is 14.3. The molecule has 1 unspecified atom stereocenters. The van der Waals surface area contributed by atoms with Crippen LogP contribution in [-0.2, 0) is 13.0 Å². The number of aryl methyl sites for hydroxylation is 1. The number of benzene rings is 4. The first-order valence-electron chi connectivity index (χ1n) is 13.3. The third kappa shape index (κ3) is 6.97. The SMILES string of the molecule is O=C([O-])c1cc(C(=O)O)c(C(=O)O)cc1C(=O)N(Cc1cccc(Oc2ccccc2)c1)C1CCCc2ccccc21.[Na+]. The van der Waals surface area contributed by atoms with E-state index in [0.717, 1.165) is 30.0 Å². The van der Waals surface area contributed by atoms with Crippen LogP contribution in [0.1, 0.15) is 77.0 Å². The van der Waals surface area contributed by atoms with Crippen LogP contribution in [0, 0.1) is 0 Å². The second kappa shape index (κ2) is 13.7. The van der Waals surface area contributed by atoms with E-state index in [1.54, 1.807) is 18.2 Å². The Labute approximate surface area is 269 Å². The van der Waals surface area contributed by atoms with Crippen LogP contribution in [0.3, 0.4) is 0 Å². The van der Waals surface area contributed by atoms with Gasteiger partial charge in [-0.3, -0.25) is 4.79 Å². The quantitative estimate of drug-likeness (QED) is 0.283. The van der Waals surface area contributed by atoms with Crippen molar-refractivity contribution >= 4 is 23.8 Å². The summed E-state index contributed by atoms with van der Waals surface area (Å²) in [5.74, 6) is -4.63. The molecule has 0 radical (unpaired) electrons. The molecule has 2 N–H and O–H groups in total. The number of amides is 1. The first-order valence-corrected chi connectivity index (χ1v) is 13.3. The molecule has 0 heterocycles. The van der Waals surface area contributed by atoms with Gasteiger partial charge in [0.1, 0.15) is 11.5 Å². The van der Waals surface area contributed by atoms with Gasteiger partial charge in [-0.2, -0.15) is 0 Å². The van der Waals surface area contributed by atoms with Gasteiger partial charge in [-0.1, -0.05) is 54.6 Å². The van der Waals surface area contributed by atoms with Crippen molar-refractivity contribution in [2.45, 2.75) is 31.8 Å².